The van der Waals surface area contributed by atoms with Gasteiger partial charge in [-0.1, -0.05) is 22.0 Å². The maximum absolute atomic E-state index is 9.13. The summed E-state index contributed by atoms with van der Waals surface area (Å²) in [6.45, 7) is 5.71. The van der Waals surface area contributed by atoms with Crippen LogP contribution in [0.1, 0.15) is 31.7 Å². The first-order valence-corrected chi connectivity index (χ1v) is 6.60. The van der Waals surface area contributed by atoms with Gasteiger partial charge in [0.2, 0.25) is 0 Å². The standard InChI is InChI=1S/C13H18BrNO/c1-9(2)15-8-10(6-7-16)13-11(14)4-3-5-12(13)15/h3-5,9-10,16H,6-8H2,1-2H3. The second-order valence-electron chi connectivity index (χ2n) is 4.63. The van der Waals surface area contributed by atoms with Crippen LogP contribution in [0.25, 0.3) is 0 Å². The molecule has 1 heterocycles. The average Bonchev–Trinajstić information content (AvgIpc) is 2.59. The summed E-state index contributed by atoms with van der Waals surface area (Å²) < 4.78 is 1.17. The summed E-state index contributed by atoms with van der Waals surface area (Å²) in [5, 5.41) is 9.13. The van der Waals surface area contributed by atoms with E-state index in [1.54, 1.807) is 0 Å². The molecule has 1 atom stereocenters. The van der Waals surface area contributed by atoms with Crippen molar-refractivity contribution in [3.8, 4) is 0 Å². The molecule has 1 aromatic rings. The molecule has 1 N–H and O–H groups in total. The van der Waals surface area contributed by atoms with Crippen molar-refractivity contribution in [3.63, 3.8) is 0 Å². The van der Waals surface area contributed by atoms with Crippen LogP contribution in [-0.2, 0) is 0 Å². The zero-order valence-electron chi connectivity index (χ0n) is 9.78. The van der Waals surface area contributed by atoms with E-state index in [1.165, 1.54) is 15.7 Å². The van der Waals surface area contributed by atoms with Crippen LogP contribution in [0, 0.1) is 0 Å². The Morgan fingerprint density at radius 3 is 2.88 bits per heavy atom. The van der Waals surface area contributed by atoms with E-state index in [9.17, 15) is 0 Å². The van der Waals surface area contributed by atoms with Gasteiger partial charge in [-0.3, -0.25) is 0 Å². The minimum Gasteiger partial charge on any atom is -0.396 e. The van der Waals surface area contributed by atoms with Gasteiger partial charge in [-0.2, -0.15) is 0 Å². The fourth-order valence-electron chi connectivity index (χ4n) is 2.49. The van der Waals surface area contributed by atoms with Crippen molar-refractivity contribution in [3.05, 3.63) is 28.2 Å². The van der Waals surface area contributed by atoms with E-state index in [0.29, 0.717) is 12.0 Å². The first kappa shape index (κ1) is 11.9. The summed E-state index contributed by atoms with van der Waals surface area (Å²) in [4.78, 5) is 2.42. The third kappa shape index (κ3) is 1.98. The molecular formula is C13H18BrNO. The van der Waals surface area contributed by atoms with Crippen LogP contribution < -0.4 is 4.90 Å². The number of aliphatic hydroxyl groups is 1. The summed E-state index contributed by atoms with van der Waals surface area (Å²) in [5.74, 6) is 0.456. The molecule has 0 bridgehead atoms. The highest BCUT2D eigenvalue weighted by molar-refractivity contribution is 9.10. The first-order valence-electron chi connectivity index (χ1n) is 5.81. The lowest BCUT2D eigenvalue weighted by molar-refractivity contribution is 0.277. The Kier molecular flexibility index (Phi) is 3.55. The highest BCUT2D eigenvalue weighted by atomic mass is 79.9. The molecular weight excluding hydrogens is 266 g/mol. The number of hydrogen-bond acceptors (Lipinski definition) is 2. The van der Waals surface area contributed by atoms with Crippen molar-refractivity contribution >= 4 is 21.6 Å². The van der Waals surface area contributed by atoms with Crippen LogP contribution in [-0.4, -0.2) is 24.3 Å². The third-order valence-corrected chi connectivity index (χ3v) is 3.96. The maximum atomic E-state index is 9.13. The molecule has 0 saturated heterocycles. The van der Waals surface area contributed by atoms with Gasteiger partial charge < -0.3 is 10.0 Å². The molecule has 16 heavy (non-hydrogen) atoms. The Labute approximate surface area is 105 Å². The monoisotopic (exact) mass is 283 g/mol. The lowest BCUT2D eigenvalue weighted by atomic mass is 9.98. The molecule has 0 aliphatic carbocycles. The average molecular weight is 284 g/mol. The first-order chi connectivity index (χ1) is 7.65. The molecule has 2 nitrogen and oxygen atoms in total. The number of rotatable bonds is 3. The molecule has 0 saturated carbocycles. The van der Waals surface area contributed by atoms with Crippen molar-refractivity contribution in [2.45, 2.75) is 32.2 Å². The SMILES string of the molecule is CC(C)N1CC(CCO)c2c(Br)cccc21. The molecule has 88 valence electrons. The number of hydrogen-bond donors (Lipinski definition) is 1. The van der Waals surface area contributed by atoms with Crippen LogP contribution in [0.4, 0.5) is 5.69 Å². The molecule has 1 aliphatic rings. The maximum Gasteiger partial charge on any atom is 0.0437 e. The zero-order chi connectivity index (χ0) is 11.7. The molecule has 1 aromatic carbocycles. The Hall–Kier alpha value is -0.540. The van der Waals surface area contributed by atoms with Gasteiger partial charge in [0.15, 0.2) is 0 Å². The Bertz CT molecular complexity index is 378. The molecule has 2 rings (SSSR count). The predicted octanol–water partition coefficient (Wildman–Crippen LogP) is 3.14. The van der Waals surface area contributed by atoms with E-state index in [2.05, 4.69) is 52.9 Å². The summed E-state index contributed by atoms with van der Waals surface area (Å²) in [7, 11) is 0. The van der Waals surface area contributed by atoms with Crippen molar-refractivity contribution in [1.29, 1.82) is 0 Å². The van der Waals surface area contributed by atoms with Gasteiger partial charge in [-0.15, -0.1) is 0 Å². The molecule has 0 aromatic heterocycles. The second-order valence-corrected chi connectivity index (χ2v) is 5.48. The topological polar surface area (TPSA) is 23.5 Å². The quantitative estimate of drug-likeness (QED) is 0.921. The van der Waals surface area contributed by atoms with Crippen molar-refractivity contribution < 1.29 is 5.11 Å². The smallest absolute Gasteiger partial charge is 0.0437 e. The van der Waals surface area contributed by atoms with Crippen LogP contribution in [0.3, 0.4) is 0 Å². The van der Waals surface area contributed by atoms with Gasteiger partial charge in [0.1, 0.15) is 0 Å². The Balaban J connectivity index is 2.40. The van der Waals surface area contributed by atoms with Gasteiger partial charge in [0, 0.05) is 35.3 Å². The van der Waals surface area contributed by atoms with E-state index >= 15 is 0 Å². The summed E-state index contributed by atoms with van der Waals surface area (Å²) >= 11 is 3.63. The number of benzene rings is 1. The normalized spacial score (nSPS) is 19.3. The Morgan fingerprint density at radius 1 is 1.50 bits per heavy atom. The van der Waals surface area contributed by atoms with Crippen molar-refractivity contribution in [2.24, 2.45) is 0 Å². The van der Waals surface area contributed by atoms with Gasteiger partial charge in [0.25, 0.3) is 0 Å². The highest BCUT2D eigenvalue weighted by Gasteiger charge is 2.30. The van der Waals surface area contributed by atoms with E-state index in [4.69, 9.17) is 5.11 Å². The summed E-state index contributed by atoms with van der Waals surface area (Å²) in [6, 6.07) is 6.86. The van der Waals surface area contributed by atoms with E-state index < -0.39 is 0 Å². The number of aliphatic hydroxyl groups excluding tert-OH is 1. The molecule has 0 amide bonds. The molecule has 1 unspecified atom stereocenters. The van der Waals surface area contributed by atoms with Gasteiger partial charge in [0.05, 0.1) is 0 Å². The number of nitrogens with zero attached hydrogens (tertiary/aromatic N) is 1. The van der Waals surface area contributed by atoms with Crippen LogP contribution in [0.2, 0.25) is 0 Å². The highest BCUT2D eigenvalue weighted by Crippen LogP contribution is 2.42. The van der Waals surface area contributed by atoms with E-state index in [1.807, 2.05) is 0 Å². The van der Waals surface area contributed by atoms with Crippen LogP contribution >= 0.6 is 15.9 Å². The largest absolute Gasteiger partial charge is 0.396 e. The Morgan fingerprint density at radius 2 is 2.25 bits per heavy atom. The lowest BCUT2D eigenvalue weighted by Gasteiger charge is -2.24. The molecule has 0 spiro atoms. The van der Waals surface area contributed by atoms with Gasteiger partial charge >= 0.3 is 0 Å². The summed E-state index contributed by atoms with van der Waals surface area (Å²) in [5.41, 5.74) is 2.69. The molecule has 3 heteroatoms. The number of anilines is 1. The van der Waals surface area contributed by atoms with Crippen molar-refractivity contribution in [1.82, 2.24) is 0 Å². The molecule has 0 radical (unpaired) electrons. The predicted molar refractivity (Wildman–Crippen MR) is 71.1 cm³/mol. The fraction of sp³-hybridized carbons (Fsp3) is 0.538. The minimum absolute atomic E-state index is 0.261. The van der Waals surface area contributed by atoms with E-state index in [-0.39, 0.29) is 6.61 Å². The zero-order valence-corrected chi connectivity index (χ0v) is 11.4. The van der Waals surface area contributed by atoms with E-state index in [0.717, 1.165) is 13.0 Å². The molecule has 0 fully saturated rings. The van der Waals surface area contributed by atoms with Gasteiger partial charge in [-0.05, 0) is 38.0 Å². The fourth-order valence-corrected chi connectivity index (χ4v) is 3.17. The third-order valence-electron chi connectivity index (χ3n) is 3.27. The lowest BCUT2D eigenvalue weighted by Crippen LogP contribution is -2.29. The molecule has 1 aliphatic heterocycles. The number of fused-ring (bicyclic) bond motifs is 1. The van der Waals surface area contributed by atoms with Crippen molar-refractivity contribution in [2.75, 3.05) is 18.1 Å². The number of halogens is 1. The second kappa shape index (κ2) is 4.76. The van der Waals surface area contributed by atoms with Crippen LogP contribution in [0.15, 0.2) is 22.7 Å². The van der Waals surface area contributed by atoms with Gasteiger partial charge in [-0.25, -0.2) is 0 Å². The van der Waals surface area contributed by atoms with Crippen LogP contribution in [0.5, 0.6) is 0 Å². The summed E-state index contributed by atoms with van der Waals surface area (Å²) in [6.07, 6.45) is 0.846. The minimum atomic E-state index is 0.261.